The Morgan fingerprint density at radius 2 is 2.04 bits per heavy atom. The first-order valence-corrected chi connectivity index (χ1v) is 7.97. The van der Waals surface area contributed by atoms with Gasteiger partial charge in [-0.1, -0.05) is 0 Å². The minimum Gasteiger partial charge on any atom is -0.496 e. The summed E-state index contributed by atoms with van der Waals surface area (Å²) < 4.78 is 32.8. The smallest absolute Gasteiger partial charge is 0.220 e. The Balaban J connectivity index is 1.72. The number of nitrogens with zero attached hydrogens (tertiary/aromatic N) is 1. The van der Waals surface area contributed by atoms with Crippen molar-refractivity contribution in [1.82, 2.24) is 10.2 Å². The SMILES string of the molecule is COc1ccc(F)c(F)c1CN(C)[C@H]1C[C@H]2CNC(=O)C[C@H]2C1. The van der Waals surface area contributed by atoms with E-state index in [9.17, 15) is 13.6 Å². The van der Waals surface area contributed by atoms with Gasteiger partial charge >= 0.3 is 0 Å². The number of rotatable bonds is 4. The molecule has 1 aliphatic heterocycles. The molecule has 2 fully saturated rings. The number of nitrogens with one attached hydrogen (secondary N) is 1. The van der Waals surface area contributed by atoms with Crippen molar-refractivity contribution < 1.29 is 18.3 Å². The number of halogens is 2. The van der Waals surface area contributed by atoms with Crippen LogP contribution in [0.3, 0.4) is 0 Å². The van der Waals surface area contributed by atoms with Gasteiger partial charge < -0.3 is 10.1 Å². The summed E-state index contributed by atoms with van der Waals surface area (Å²) in [6, 6.07) is 2.81. The van der Waals surface area contributed by atoms with Gasteiger partial charge in [0.05, 0.1) is 7.11 Å². The standard InChI is InChI=1S/C17H22F2N2O2/c1-21(9-13-15(23-2)4-3-14(18)17(13)19)12-5-10-7-16(22)20-8-11(10)6-12/h3-4,10-12H,5-9H2,1-2H3,(H,20,22)/t10-,11+,12-/m1/s1. The summed E-state index contributed by atoms with van der Waals surface area (Å²) in [5.41, 5.74) is 0.249. The molecule has 3 rings (SSSR count). The molecule has 1 saturated heterocycles. The van der Waals surface area contributed by atoms with E-state index in [1.54, 1.807) is 0 Å². The first-order chi connectivity index (χ1) is 11.0. The molecule has 2 aliphatic rings. The second kappa shape index (κ2) is 6.43. The molecular weight excluding hydrogens is 302 g/mol. The molecule has 1 aromatic rings. The molecule has 0 bridgehead atoms. The van der Waals surface area contributed by atoms with E-state index in [-0.39, 0.29) is 24.1 Å². The van der Waals surface area contributed by atoms with Gasteiger partial charge in [-0.3, -0.25) is 9.69 Å². The summed E-state index contributed by atoms with van der Waals surface area (Å²) in [4.78, 5) is 13.6. The molecule has 1 heterocycles. The van der Waals surface area contributed by atoms with Crippen LogP contribution in [0.1, 0.15) is 24.8 Å². The lowest BCUT2D eigenvalue weighted by Crippen LogP contribution is -2.38. The molecule has 0 aromatic heterocycles. The van der Waals surface area contributed by atoms with Crippen molar-refractivity contribution in [2.24, 2.45) is 11.8 Å². The highest BCUT2D eigenvalue weighted by Crippen LogP contribution is 2.39. The van der Waals surface area contributed by atoms with Crippen LogP contribution in [0, 0.1) is 23.5 Å². The fourth-order valence-corrected chi connectivity index (χ4v) is 3.89. The van der Waals surface area contributed by atoms with E-state index >= 15 is 0 Å². The number of fused-ring (bicyclic) bond motifs is 1. The summed E-state index contributed by atoms with van der Waals surface area (Å²) in [5.74, 6) is -0.335. The maximum absolute atomic E-state index is 14.1. The van der Waals surface area contributed by atoms with Crippen LogP contribution in [0.25, 0.3) is 0 Å². The summed E-state index contributed by atoms with van der Waals surface area (Å²) >= 11 is 0. The lowest BCUT2D eigenvalue weighted by molar-refractivity contribution is -0.124. The van der Waals surface area contributed by atoms with E-state index in [0.717, 1.165) is 25.5 Å². The molecule has 6 heteroatoms. The zero-order valence-corrected chi connectivity index (χ0v) is 13.4. The van der Waals surface area contributed by atoms with Crippen molar-refractivity contribution in [3.05, 3.63) is 29.3 Å². The first-order valence-electron chi connectivity index (χ1n) is 7.97. The molecule has 1 amide bonds. The fourth-order valence-electron chi connectivity index (χ4n) is 3.89. The zero-order valence-electron chi connectivity index (χ0n) is 13.4. The minimum absolute atomic E-state index is 0.118. The van der Waals surface area contributed by atoms with Crippen molar-refractivity contribution in [3.8, 4) is 5.75 Å². The van der Waals surface area contributed by atoms with E-state index in [1.165, 1.54) is 13.2 Å². The van der Waals surface area contributed by atoms with Gasteiger partial charge in [-0.2, -0.15) is 0 Å². The Kier molecular flexibility index (Phi) is 4.53. The molecule has 23 heavy (non-hydrogen) atoms. The average Bonchev–Trinajstić information content (AvgIpc) is 2.95. The summed E-state index contributed by atoms with van der Waals surface area (Å²) in [7, 11) is 3.37. The molecule has 0 spiro atoms. The molecule has 1 N–H and O–H groups in total. The summed E-state index contributed by atoms with van der Waals surface area (Å²) in [6.45, 7) is 1.02. The molecule has 1 aliphatic carbocycles. The minimum atomic E-state index is -0.857. The van der Waals surface area contributed by atoms with E-state index in [1.807, 2.05) is 11.9 Å². The molecule has 1 aromatic carbocycles. The lowest BCUT2D eigenvalue weighted by Gasteiger charge is -2.25. The number of amides is 1. The molecule has 4 nitrogen and oxygen atoms in total. The van der Waals surface area contributed by atoms with Crippen LogP contribution in [0.15, 0.2) is 12.1 Å². The number of ether oxygens (including phenoxy) is 1. The third-order valence-electron chi connectivity index (χ3n) is 5.23. The Hall–Kier alpha value is -1.69. The van der Waals surface area contributed by atoms with Crippen LogP contribution in [-0.2, 0) is 11.3 Å². The molecular formula is C17H22F2N2O2. The van der Waals surface area contributed by atoms with E-state index in [2.05, 4.69) is 5.32 Å². The first kappa shape index (κ1) is 16.2. The third kappa shape index (κ3) is 3.17. The van der Waals surface area contributed by atoms with Gasteiger partial charge in [0.15, 0.2) is 11.6 Å². The second-order valence-corrected chi connectivity index (χ2v) is 6.61. The molecule has 126 valence electrons. The highest BCUT2D eigenvalue weighted by molar-refractivity contribution is 5.77. The van der Waals surface area contributed by atoms with Gasteiger partial charge in [-0.25, -0.2) is 8.78 Å². The highest BCUT2D eigenvalue weighted by atomic mass is 19.2. The number of benzene rings is 1. The number of piperidine rings is 1. The van der Waals surface area contributed by atoms with Gasteiger partial charge in [0.2, 0.25) is 5.91 Å². The number of methoxy groups -OCH3 is 1. The fraction of sp³-hybridized carbons (Fsp3) is 0.588. The van der Waals surface area contributed by atoms with Crippen molar-refractivity contribution >= 4 is 5.91 Å². The van der Waals surface area contributed by atoms with Crippen LogP contribution >= 0.6 is 0 Å². The average molecular weight is 324 g/mol. The zero-order chi connectivity index (χ0) is 16.6. The second-order valence-electron chi connectivity index (χ2n) is 6.61. The van der Waals surface area contributed by atoms with Gasteiger partial charge in [0.25, 0.3) is 0 Å². The number of carbonyl (C=O) groups is 1. The maximum atomic E-state index is 14.1. The maximum Gasteiger partial charge on any atom is 0.220 e. The largest absolute Gasteiger partial charge is 0.496 e. The van der Waals surface area contributed by atoms with Crippen LogP contribution in [0.4, 0.5) is 8.78 Å². The molecule has 0 radical (unpaired) electrons. The summed E-state index contributed by atoms with van der Waals surface area (Å²) in [6.07, 6.45) is 2.47. The van der Waals surface area contributed by atoms with Crippen molar-refractivity contribution in [2.75, 3.05) is 20.7 Å². The van der Waals surface area contributed by atoms with Gasteiger partial charge in [0, 0.05) is 31.1 Å². The van der Waals surface area contributed by atoms with E-state index in [0.29, 0.717) is 24.0 Å². The monoisotopic (exact) mass is 324 g/mol. The van der Waals surface area contributed by atoms with Gasteiger partial charge in [-0.15, -0.1) is 0 Å². The number of hydrogen-bond donors (Lipinski definition) is 1. The molecule has 1 saturated carbocycles. The Bertz CT molecular complexity index is 609. The summed E-state index contributed by atoms with van der Waals surface area (Å²) in [5, 5.41) is 2.91. The Morgan fingerprint density at radius 1 is 1.30 bits per heavy atom. The molecule has 0 unspecified atom stereocenters. The Labute approximate surface area is 134 Å². The third-order valence-corrected chi connectivity index (χ3v) is 5.23. The van der Waals surface area contributed by atoms with Crippen molar-refractivity contribution in [1.29, 1.82) is 0 Å². The predicted octanol–water partition coefficient (Wildman–Crippen LogP) is 2.32. The quantitative estimate of drug-likeness (QED) is 0.924. The predicted molar refractivity (Wildman–Crippen MR) is 82.0 cm³/mol. The van der Waals surface area contributed by atoms with Gasteiger partial charge in [0.1, 0.15) is 5.75 Å². The lowest BCUT2D eigenvalue weighted by atomic mass is 9.89. The van der Waals surface area contributed by atoms with Gasteiger partial charge in [-0.05, 0) is 43.9 Å². The number of hydrogen-bond acceptors (Lipinski definition) is 3. The van der Waals surface area contributed by atoms with E-state index in [4.69, 9.17) is 4.74 Å². The molecule has 3 atom stereocenters. The van der Waals surface area contributed by atoms with Crippen molar-refractivity contribution in [3.63, 3.8) is 0 Å². The Morgan fingerprint density at radius 3 is 2.78 bits per heavy atom. The highest BCUT2D eigenvalue weighted by Gasteiger charge is 2.39. The topological polar surface area (TPSA) is 41.6 Å². The normalized spacial score (nSPS) is 27.0. The van der Waals surface area contributed by atoms with Crippen LogP contribution in [0.5, 0.6) is 5.75 Å². The van der Waals surface area contributed by atoms with E-state index < -0.39 is 11.6 Å². The van der Waals surface area contributed by atoms with Crippen LogP contribution in [0.2, 0.25) is 0 Å². The number of carbonyl (C=O) groups excluding carboxylic acids is 1. The van der Waals surface area contributed by atoms with Crippen LogP contribution in [-0.4, -0.2) is 37.6 Å². The van der Waals surface area contributed by atoms with Crippen molar-refractivity contribution in [2.45, 2.75) is 31.8 Å². The van der Waals surface area contributed by atoms with Crippen LogP contribution < -0.4 is 10.1 Å².